The second kappa shape index (κ2) is 28.7. The van der Waals surface area contributed by atoms with Crippen molar-refractivity contribution in [1.29, 1.82) is 10.5 Å². The first-order valence-corrected chi connectivity index (χ1v) is 37.1. The van der Waals surface area contributed by atoms with E-state index in [1.54, 1.807) is 6.07 Å². The molecule has 114 heavy (non-hydrogen) atoms. The van der Waals surface area contributed by atoms with E-state index in [9.17, 15) is 10.5 Å². The van der Waals surface area contributed by atoms with Gasteiger partial charge in [-0.15, -0.1) is 0 Å². The second-order valence-electron chi connectivity index (χ2n) is 27.4. The molecule has 6 aromatic heterocycles. The maximum atomic E-state index is 12.7. The number of nitriles is 2. The van der Waals surface area contributed by atoms with E-state index < -0.39 is 0 Å². The van der Waals surface area contributed by atoms with Crippen LogP contribution in [0.25, 0.3) is 203 Å². The number of hydrogen-bond acceptors (Lipinski definition) is 14. The quantitative estimate of drug-likeness (QED) is 0.0934. The zero-order valence-electron chi connectivity index (χ0n) is 60.6. The lowest BCUT2D eigenvalue weighted by Crippen LogP contribution is -2.06. The molecule has 16 nitrogen and oxygen atoms in total. The number of fused-ring (bicyclic) bond motifs is 6. The lowest BCUT2D eigenvalue weighted by atomic mass is 9.97. The van der Waals surface area contributed by atoms with E-state index in [1.165, 1.54) is 0 Å². The van der Waals surface area contributed by atoms with Gasteiger partial charge in [0.2, 0.25) is 0 Å². The first-order valence-electron chi connectivity index (χ1n) is 37.1. The summed E-state index contributed by atoms with van der Waals surface area (Å²) in [6.07, 6.45) is 0. The Morgan fingerprint density at radius 2 is 0.430 bits per heavy atom. The molecule has 0 radical (unpaired) electrons. The number of benzene rings is 14. The standard InChI is InChI=1S/C98H58N16/c99-59-61-26-25-43-70(54-61)75-48-53-85(113-81-49-44-71(95-105-87(62-27-9-1-10-28-62)101-88(106-95)63-29-11-2-12-30-63)55-76(81)77-56-72(45-50-82(77)113)96-107-89(64-31-13-3-14-32-64)102-90(108-96)65-33-15-4-16-34-65)80(60-100)86(75)114-83-51-46-73(97-109-91(66-35-17-5-18-36-66)103-92(110-97)67-37-19-6-20-38-67)57-78(83)79-58-74(47-52-84(79)114)98-111-93(68-39-21-7-22-40-68)104-94(112-98)69-41-23-8-24-42-69/h1-58H. The van der Waals surface area contributed by atoms with Crippen LogP contribution in [-0.4, -0.2) is 68.9 Å². The molecule has 20 rings (SSSR count). The van der Waals surface area contributed by atoms with Crippen molar-refractivity contribution < 1.29 is 0 Å². The lowest BCUT2D eigenvalue weighted by molar-refractivity contribution is 1.07. The Morgan fingerprint density at radius 1 is 0.193 bits per heavy atom. The summed E-state index contributed by atoms with van der Waals surface area (Å²) in [6.45, 7) is 0. The van der Waals surface area contributed by atoms with Gasteiger partial charge in [-0.3, -0.25) is 0 Å². The van der Waals surface area contributed by atoms with Crippen LogP contribution in [0.3, 0.4) is 0 Å². The zero-order valence-corrected chi connectivity index (χ0v) is 60.6. The minimum absolute atomic E-state index is 0.332. The zero-order chi connectivity index (χ0) is 76.0. The smallest absolute Gasteiger partial charge is 0.164 e. The Kier molecular flexibility index (Phi) is 16.9. The molecule has 0 amide bonds. The third-order valence-corrected chi connectivity index (χ3v) is 20.4. The van der Waals surface area contributed by atoms with Crippen LogP contribution in [0, 0.1) is 22.7 Å². The third-order valence-electron chi connectivity index (χ3n) is 20.4. The van der Waals surface area contributed by atoms with Crippen molar-refractivity contribution in [3.8, 4) is 171 Å². The predicted octanol–water partition coefficient (Wildman–Crippen LogP) is 22.0. The van der Waals surface area contributed by atoms with Gasteiger partial charge in [-0.25, -0.2) is 59.8 Å². The van der Waals surface area contributed by atoms with Crippen molar-refractivity contribution in [2.24, 2.45) is 0 Å². The highest BCUT2D eigenvalue weighted by Crippen LogP contribution is 2.46. The van der Waals surface area contributed by atoms with Gasteiger partial charge in [-0.1, -0.05) is 261 Å². The predicted molar refractivity (Wildman–Crippen MR) is 449 cm³/mol. The fourth-order valence-corrected chi connectivity index (χ4v) is 15.0. The maximum Gasteiger partial charge on any atom is 0.164 e. The molecule has 14 aromatic carbocycles. The van der Waals surface area contributed by atoms with E-state index >= 15 is 0 Å². The largest absolute Gasteiger partial charge is 0.308 e. The van der Waals surface area contributed by atoms with Crippen LogP contribution < -0.4 is 0 Å². The molecule has 16 heteroatoms. The Labute approximate surface area is 653 Å². The maximum absolute atomic E-state index is 12.7. The molecule has 0 unspecified atom stereocenters. The molecule has 530 valence electrons. The van der Waals surface area contributed by atoms with Gasteiger partial charge in [0.05, 0.1) is 45.1 Å². The Balaban J connectivity index is 0.857. The number of aromatic nitrogens is 14. The molecule has 0 saturated heterocycles. The fraction of sp³-hybridized carbons (Fsp3) is 0. The van der Waals surface area contributed by atoms with Gasteiger partial charge in [0, 0.05) is 93.9 Å². The van der Waals surface area contributed by atoms with E-state index in [0.29, 0.717) is 98.0 Å². The van der Waals surface area contributed by atoms with Gasteiger partial charge >= 0.3 is 0 Å². The summed E-state index contributed by atoms with van der Waals surface area (Å²) in [5, 5.41) is 26.6. The number of hydrogen-bond donors (Lipinski definition) is 0. The van der Waals surface area contributed by atoms with Gasteiger partial charge < -0.3 is 9.13 Å². The number of nitrogens with zero attached hydrogens (tertiary/aromatic N) is 16. The van der Waals surface area contributed by atoms with Crippen LogP contribution in [-0.2, 0) is 0 Å². The lowest BCUT2D eigenvalue weighted by Gasteiger charge is -2.20. The Bertz CT molecular complexity index is 6620. The second-order valence-corrected chi connectivity index (χ2v) is 27.4. The van der Waals surface area contributed by atoms with Crippen molar-refractivity contribution in [2.45, 2.75) is 0 Å². The minimum atomic E-state index is 0.332. The normalized spacial score (nSPS) is 11.3. The summed E-state index contributed by atoms with van der Waals surface area (Å²) >= 11 is 0. The summed E-state index contributed by atoms with van der Waals surface area (Å²) in [4.78, 5) is 62.2. The Morgan fingerprint density at radius 3 is 0.675 bits per heavy atom. The van der Waals surface area contributed by atoms with E-state index in [1.807, 2.05) is 291 Å². The van der Waals surface area contributed by atoms with Gasteiger partial charge in [0.25, 0.3) is 0 Å². The highest BCUT2D eigenvalue weighted by Gasteiger charge is 2.28. The first kappa shape index (κ1) is 67.1. The number of rotatable bonds is 15. The summed E-state index contributed by atoms with van der Waals surface area (Å²) in [6, 6.07) is 121. The Hall–Kier alpha value is -16.3. The van der Waals surface area contributed by atoms with Gasteiger partial charge in [0.1, 0.15) is 11.6 Å². The van der Waals surface area contributed by atoms with Crippen molar-refractivity contribution in [3.05, 3.63) is 363 Å². The molecule has 20 aromatic rings. The van der Waals surface area contributed by atoms with Gasteiger partial charge in [-0.05, 0) is 96.6 Å². The van der Waals surface area contributed by atoms with Crippen molar-refractivity contribution >= 4 is 43.6 Å². The van der Waals surface area contributed by atoms with Gasteiger partial charge in [0.15, 0.2) is 69.9 Å². The SMILES string of the molecule is N#Cc1cccc(-c2ccc(-n3c4ccc(-c5nc(-c6ccccc6)nc(-c6ccccc6)n5)cc4c4cc(-c5nc(-c6ccccc6)nc(-c6ccccc6)n5)ccc43)c(C#N)c2-n2c3ccc(-c4nc(-c5ccccc5)nc(-c5ccccc5)n4)cc3c3cc(-c4nc(-c5ccccc5)nc(-c5ccccc5)n4)ccc32)c1. The van der Waals surface area contributed by atoms with Crippen LogP contribution in [0.1, 0.15) is 11.1 Å². The van der Waals surface area contributed by atoms with E-state index in [-0.39, 0.29) is 0 Å². The fourth-order valence-electron chi connectivity index (χ4n) is 15.0. The molecule has 0 aliphatic carbocycles. The van der Waals surface area contributed by atoms with Crippen molar-refractivity contribution in [2.75, 3.05) is 0 Å². The average molecular weight is 1460 g/mol. The topological polar surface area (TPSA) is 212 Å². The van der Waals surface area contributed by atoms with Crippen LogP contribution in [0.2, 0.25) is 0 Å². The monoisotopic (exact) mass is 1460 g/mol. The summed E-state index contributed by atoms with van der Waals surface area (Å²) < 4.78 is 4.35. The van der Waals surface area contributed by atoms with Crippen LogP contribution >= 0.6 is 0 Å². The molecule has 0 fully saturated rings. The molecular weight excluding hydrogens is 1400 g/mol. The van der Waals surface area contributed by atoms with E-state index in [2.05, 4.69) is 75.9 Å². The van der Waals surface area contributed by atoms with Crippen LogP contribution in [0.5, 0.6) is 0 Å². The summed E-state index contributed by atoms with van der Waals surface area (Å²) in [7, 11) is 0. The molecule has 0 aliphatic rings. The molecule has 0 saturated carbocycles. The molecule has 0 spiro atoms. The summed E-state index contributed by atoms with van der Waals surface area (Å²) in [5.74, 6) is 5.98. The molecule has 0 aliphatic heterocycles. The molecular formula is C98H58N16. The van der Waals surface area contributed by atoms with Crippen molar-refractivity contribution in [3.63, 3.8) is 0 Å². The average Bonchev–Trinajstić information content (AvgIpc) is 1.55. The highest BCUT2D eigenvalue weighted by atomic mass is 15.1. The van der Waals surface area contributed by atoms with Crippen LogP contribution in [0.4, 0.5) is 0 Å². The minimum Gasteiger partial charge on any atom is -0.308 e. The van der Waals surface area contributed by atoms with E-state index in [4.69, 9.17) is 59.8 Å². The molecule has 0 atom stereocenters. The molecule has 0 N–H and O–H groups in total. The van der Waals surface area contributed by atoms with Crippen molar-refractivity contribution in [1.82, 2.24) is 68.9 Å². The van der Waals surface area contributed by atoms with Crippen LogP contribution in [0.15, 0.2) is 352 Å². The van der Waals surface area contributed by atoms with Gasteiger partial charge in [-0.2, -0.15) is 10.5 Å². The molecule has 0 bridgehead atoms. The summed E-state index contributed by atoms with van der Waals surface area (Å²) in [5.41, 5.74) is 16.0. The third kappa shape index (κ3) is 12.4. The highest BCUT2D eigenvalue weighted by molar-refractivity contribution is 6.14. The molecule has 6 heterocycles. The first-order chi connectivity index (χ1) is 56.4. The van der Waals surface area contributed by atoms with E-state index in [0.717, 1.165) is 116 Å².